The molecule has 0 aromatic rings. The number of ether oxygens (including phenoxy) is 1. The Hall–Kier alpha value is 0.210. The van der Waals surface area contributed by atoms with Gasteiger partial charge in [-0.2, -0.15) is 0 Å². The molecule has 1 fully saturated rings. The zero-order valence-electron chi connectivity index (χ0n) is 4.77. The van der Waals surface area contributed by atoms with E-state index in [0.29, 0.717) is 6.04 Å². The van der Waals surface area contributed by atoms with Gasteiger partial charge in [-0.05, 0) is 12.8 Å². The van der Waals surface area contributed by atoms with Crippen LogP contribution >= 0.6 is 12.4 Å². The summed E-state index contributed by atoms with van der Waals surface area (Å²) in [6, 6.07) is 0.411. The molecule has 0 atom stereocenters. The molecule has 8 heavy (non-hydrogen) atoms. The third-order valence-electron chi connectivity index (χ3n) is 1.27. The summed E-state index contributed by atoms with van der Waals surface area (Å²) in [6.45, 7) is 1.72. The molecule has 0 aromatic heterocycles. The van der Waals surface area contributed by atoms with Crippen molar-refractivity contribution in [3.8, 4) is 0 Å². The van der Waals surface area contributed by atoms with Gasteiger partial charge < -0.3 is 10.5 Å². The van der Waals surface area contributed by atoms with E-state index in [1.54, 1.807) is 0 Å². The quantitative estimate of drug-likeness (QED) is 0.535. The van der Waals surface area contributed by atoms with Gasteiger partial charge in [-0.3, -0.25) is 0 Å². The molecule has 0 saturated carbocycles. The highest BCUT2D eigenvalue weighted by molar-refractivity contribution is 5.85. The fraction of sp³-hybridized carbons (Fsp3) is 1.00. The van der Waals surface area contributed by atoms with Gasteiger partial charge in [0.05, 0.1) is 0 Å². The van der Waals surface area contributed by atoms with Gasteiger partial charge >= 0.3 is 0 Å². The van der Waals surface area contributed by atoms with Gasteiger partial charge in [-0.25, -0.2) is 0 Å². The van der Waals surface area contributed by atoms with E-state index < -0.39 is 0 Å². The van der Waals surface area contributed by atoms with Crippen LogP contribution in [0.15, 0.2) is 0 Å². The van der Waals surface area contributed by atoms with Crippen LogP contribution in [-0.4, -0.2) is 19.3 Å². The molecule has 0 unspecified atom stereocenters. The van der Waals surface area contributed by atoms with E-state index in [2.05, 4.69) is 0 Å². The van der Waals surface area contributed by atoms with Gasteiger partial charge in [0.25, 0.3) is 0 Å². The molecule has 2 N–H and O–H groups in total. The third kappa shape index (κ3) is 2.50. The Morgan fingerprint density at radius 3 is 2.00 bits per heavy atom. The number of nitrogens with two attached hydrogens (primary N) is 1. The Morgan fingerprint density at radius 2 is 1.75 bits per heavy atom. The van der Waals surface area contributed by atoms with E-state index >= 15 is 0 Å². The fourth-order valence-corrected chi connectivity index (χ4v) is 0.716. The minimum atomic E-state index is 0. The lowest BCUT2D eigenvalue weighted by Crippen LogP contribution is -2.28. The van der Waals surface area contributed by atoms with E-state index in [1.807, 2.05) is 0 Å². The van der Waals surface area contributed by atoms with Crippen LogP contribution in [0.5, 0.6) is 0 Å². The molecule has 2 nitrogen and oxygen atoms in total. The molecule has 0 aromatic carbocycles. The third-order valence-corrected chi connectivity index (χ3v) is 1.27. The molecule has 1 heterocycles. The van der Waals surface area contributed by atoms with Crippen molar-refractivity contribution < 1.29 is 4.74 Å². The summed E-state index contributed by atoms with van der Waals surface area (Å²) >= 11 is 0. The zero-order chi connectivity index (χ0) is 5.11. The van der Waals surface area contributed by atoms with E-state index in [0.717, 1.165) is 26.1 Å². The van der Waals surface area contributed by atoms with Crippen LogP contribution in [0.25, 0.3) is 0 Å². The summed E-state index contributed by atoms with van der Waals surface area (Å²) < 4.78 is 5.06. The molecule has 0 aliphatic carbocycles. The fourth-order valence-electron chi connectivity index (χ4n) is 0.716. The monoisotopic (exact) mass is 136 g/mol. The Balaban J connectivity index is 0.000000490. The molecule has 3 heteroatoms. The van der Waals surface area contributed by atoms with Crippen molar-refractivity contribution in [1.82, 2.24) is 0 Å². The first-order valence-corrected chi connectivity index (χ1v) is 2.73. The lowest BCUT2D eigenvalue weighted by Gasteiger charge is -2.16. The SMILES string of the molecule is NC1CCOCC1.[Cl]. The normalized spacial score (nSPS) is 22.1. The van der Waals surface area contributed by atoms with Gasteiger partial charge in [0.2, 0.25) is 0 Å². The van der Waals surface area contributed by atoms with Crippen LogP contribution in [0.3, 0.4) is 0 Å². The maximum Gasteiger partial charge on any atom is 0.0480 e. The summed E-state index contributed by atoms with van der Waals surface area (Å²) in [4.78, 5) is 0. The standard InChI is InChI=1S/C5H11NO.Cl/c6-5-1-3-7-4-2-5;/h5H,1-4,6H2;. The second-order valence-corrected chi connectivity index (χ2v) is 1.95. The smallest absolute Gasteiger partial charge is 0.0480 e. The van der Waals surface area contributed by atoms with Crippen molar-refractivity contribution in [2.45, 2.75) is 18.9 Å². The van der Waals surface area contributed by atoms with E-state index in [9.17, 15) is 0 Å². The predicted molar refractivity (Wildman–Crippen MR) is 33.9 cm³/mol. The summed E-state index contributed by atoms with van der Waals surface area (Å²) in [5, 5.41) is 0. The van der Waals surface area contributed by atoms with E-state index in [4.69, 9.17) is 10.5 Å². The minimum Gasteiger partial charge on any atom is -0.381 e. The molecule has 1 aliphatic rings. The average Bonchev–Trinajstić information content (AvgIpc) is 1.69. The highest BCUT2D eigenvalue weighted by atomic mass is 35.5. The first-order valence-electron chi connectivity index (χ1n) is 2.73. The molecule has 0 spiro atoms. The van der Waals surface area contributed by atoms with Gasteiger partial charge in [-0.1, -0.05) is 0 Å². The molecular weight excluding hydrogens is 126 g/mol. The average molecular weight is 137 g/mol. The van der Waals surface area contributed by atoms with Crippen LogP contribution in [0.2, 0.25) is 0 Å². The van der Waals surface area contributed by atoms with Gasteiger partial charge in [0.1, 0.15) is 0 Å². The lowest BCUT2D eigenvalue weighted by molar-refractivity contribution is 0.0866. The van der Waals surface area contributed by atoms with Gasteiger partial charge in [0.15, 0.2) is 0 Å². The van der Waals surface area contributed by atoms with Crippen LogP contribution < -0.4 is 5.73 Å². The first kappa shape index (κ1) is 8.21. The van der Waals surface area contributed by atoms with Crippen molar-refractivity contribution >= 4 is 12.4 Å². The van der Waals surface area contributed by atoms with Crippen LogP contribution in [0, 0.1) is 0 Å². The van der Waals surface area contributed by atoms with Crippen molar-refractivity contribution in [2.75, 3.05) is 13.2 Å². The van der Waals surface area contributed by atoms with E-state index in [1.165, 1.54) is 0 Å². The maximum atomic E-state index is 5.55. The number of hydrogen-bond acceptors (Lipinski definition) is 2. The van der Waals surface area contributed by atoms with Gasteiger partial charge in [0, 0.05) is 31.7 Å². The highest BCUT2D eigenvalue weighted by Gasteiger charge is 2.06. The van der Waals surface area contributed by atoms with Crippen LogP contribution in [0.1, 0.15) is 12.8 Å². The first-order chi connectivity index (χ1) is 3.39. The number of halogens is 1. The predicted octanol–water partition coefficient (Wildman–Crippen LogP) is 0.814. The molecular formula is C5H11ClNO. The van der Waals surface area contributed by atoms with Crippen LogP contribution in [0.4, 0.5) is 0 Å². The summed E-state index contributed by atoms with van der Waals surface area (Å²) in [5.74, 6) is 0. The molecule has 49 valence electrons. The summed E-state index contributed by atoms with van der Waals surface area (Å²) in [6.07, 6.45) is 2.08. The molecule has 1 radical (unpaired) electrons. The molecule has 1 saturated heterocycles. The number of hydrogen-bond donors (Lipinski definition) is 1. The Bertz CT molecular complexity index is 54.4. The second-order valence-electron chi connectivity index (χ2n) is 1.95. The Morgan fingerprint density at radius 1 is 1.25 bits per heavy atom. The number of rotatable bonds is 0. The lowest BCUT2D eigenvalue weighted by atomic mass is 10.1. The molecule has 0 bridgehead atoms. The van der Waals surface area contributed by atoms with Crippen molar-refractivity contribution in [3.63, 3.8) is 0 Å². The van der Waals surface area contributed by atoms with Crippen LogP contribution in [-0.2, 0) is 4.74 Å². The van der Waals surface area contributed by atoms with Crippen molar-refractivity contribution in [1.29, 1.82) is 0 Å². The zero-order valence-corrected chi connectivity index (χ0v) is 5.53. The molecule has 1 aliphatic heterocycles. The Labute approximate surface area is 55.8 Å². The van der Waals surface area contributed by atoms with Gasteiger partial charge in [-0.15, -0.1) is 0 Å². The molecule has 1 rings (SSSR count). The second kappa shape index (κ2) is 4.13. The maximum absolute atomic E-state index is 5.55. The summed E-state index contributed by atoms with van der Waals surface area (Å²) in [7, 11) is 0. The molecule has 0 amide bonds. The van der Waals surface area contributed by atoms with E-state index in [-0.39, 0.29) is 12.4 Å². The summed E-state index contributed by atoms with van der Waals surface area (Å²) in [5.41, 5.74) is 5.55. The largest absolute Gasteiger partial charge is 0.381 e. The Kier molecular flexibility index (Phi) is 4.23. The minimum absolute atomic E-state index is 0. The topological polar surface area (TPSA) is 35.2 Å². The highest BCUT2D eigenvalue weighted by Crippen LogP contribution is 2.01. The van der Waals surface area contributed by atoms with Crippen molar-refractivity contribution in [2.24, 2.45) is 5.73 Å². The van der Waals surface area contributed by atoms with Crippen molar-refractivity contribution in [3.05, 3.63) is 0 Å².